The van der Waals surface area contributed by atoms with Gasteiger partial charge in [0.05, 0.1) is 24.8 Å². The van der Waals surface area contributed by atoms with Gasteiger partial charge in [-0.15, -0.1) is 11.3 Å². The Morgan fingerprint density at radius 3 is 2.61 bits per heavy atom. The molecular weight excluding hydrogens is 410 g/mol. The van der Waals surface area contributed by atoms with Gasteiger partial charge in [0, 0.05) is 24.2 Å². The predicted molar refractivity (Wildman–Crippen MR) is 120 cm³/mol. The molecule has 1 unspecified atom stereocenters. The monoisotopic (exact) mass is 435 g/mol. The summed E-state index contributed by atoms with van der Waals surface area (Å²) in [5.74, 6) is 1.66. The maximum absolute atomic E-state index is 5.60. The van der Waals surface area contributed by atoms with Crippen LogP contribution < -0.4 is 14.8 Å². The molecule has 1 aromatic heterocycles. The SMILES string of the molecule is c1ccc(C(c2cnc(NC3(c4ccc5c(c4)OCO5)CC3)s2)N2CCOCC2)cc1. The Bertz CT molecular complexity index is 1060. The molecule has 3 aliphatic rings. The Labute approximate surface area is 185 Å². The Kier molecular flexibility index (Phi) is 4.82. The highest BCUT2D eigenvalue weighted by molar-refractivity contribution is 7.15. The molecule has 1 aliphatic carbocycles. The molecule has 0 spiro atoms. The fraction of sp³-hybridized carbons (Fsp3) is 0.375. The van der Waals surface area contributed by atoms with Crippen molar-refractivity contribution in [3.8, 4) is 11.5 Å². The second-order valence-corrected chi connectivity index (χ2v) is 9.37. The molecule has 2 aliphatic heterocycles. The first-order valence-corrected chi connectivity index (χ1v) is 11.6. The summed E-state index contributed by atoms with van der Waals surface area (Å²) >= 11 is 1.76. The molecule has 1 atom stereocenters. The van der Waals surface area contributed by atoms with Gasteiger partial charge in [0.15, 0.2) is 16.6 Å². The van der Waals surface area contributed by atoms with E-state index < -0.39 is 0 Å². The van der Waals surface area contributed by atoms with E-state index in [4.69, 9.17) is 19.2 Å². The lowest BCUT2D eigenvalue weighted by molar-refractivity contribution is 0.0245. The number of nitrogens with zero attached hydrogens (tertiary/aromatic N) is 2. The third kappa shape index (κ3) is 3.67. The van der Waals surface area contributed by atoms with E-state index in [2.05, 4.69) is 52.7 Å². The third-order valence-electron chi connectivity index (χ3n) is 6.34. The lowest BCUT2D eigenvalue weighted by Gasteiger charge is -2.34. The molecule has 0 amide bonds. The highest BCUT2D eigenvalue weighted by Crippen LogP contribution is 2.51. The van der Waals surface area contributed by atoms with Gasteiger partial charge in [-0.25, -0.2) is 4.98 Å². The van der Waals surface area contributed by atoms with Gasteiger partial charge >= 0.3 is 0 Å². The maximum Gasteiger partial charge on any atom is 0.231 e. The summed E-state index contributed by atoms with van der Waals surface area (Å²) in [4.78, 5) is 8.54. The number of nitrogens with one attached hydrogen (secondary N) is 1. The second kappa shape index (κ2) is 7.82. The summed E-state index contributed by atoms with van der Waals surface area (Å²) in [5.41, 5.74) is 2.48. The van der Waals surface area contributed by atoms with Crippen molar-refractivity contribution in [2.24, 2.45) is 0 Å². The summed E-state index contributed by atoms with van der Waals surface area (Å²) in [6, 6.07) is 17.2. The number of thiazole rings is 1. The van der Waals surface area contributed by atoms with Crippen LogP contribution in [-0.4, -0.2) is 43.0 Å². The molecule has 0 bridgehead atoms. The highest BCUT2D eigenvalue weighted by atomic mass is 32.1. The van der Waals surface area contributed by atoms with Crippen LogP contribution in [0.15, 0.2) is 54.7 Å². The summed E-state index contributed by atoms with van der Waals surface area (Å²) in [5, 5.41) is 4.71. The number of anilines is 1. The zero-order valence-corrected chi connectivity index (χ0v) is 18.1. The van der Waals surface area contributed by atoms with Gasteiger partial charge in [0.2, 0.25) is 6.79 Å². The van der Waals surface area contributed by atoms with Gasteiger partial charge in [-0.2, -0.15) is 0 Å². The molecule has 1 saturated heterocycles. The number of benzene rings is 2. The largest absolute Gasteiger partial charge is 0.454 e. The van der Waals surface area contributed by atoms with Crippen molar-refractivity contribution in [3.05, 3.63) is 70.7 Å². The number of hydrogen-bond donors (Lipinski definition) is 1. The van der Waals surface area contributed by atoms with Crippen molar-refractivity contribution in [1.82, 2.24) is 9.88 Å². The van der Waals surface area contributed by atoms with Crippen LogP contribution in [0.2, 0.25) is 0 Å². The van der Waals surface area contributed by atoms with Crippen LogP contribution in [0, 0.1) is 0 Å². The van der Waals surface area contributed by atoms with Crippen LogP contribution in [0.5, 0.6) is 11.5 Å². The Morgan fingerprint density at radius 2 is 1.81 bits per heavy atom. The lowest BCUT2D eigenvalue weighted by atomic mass is 10.0. The number of rotatable bonds is 6. The van der Waals surface area contributed by atoms with Crippen molar-refractivity contribution in [2.45, 2.75) is 24.4 Å². The van der Waals surface area contributed by atoms with Crippen LogP contribution >= 0.6 is 11.3 Å². The standard InChI is InChI=1S/C24H25N3O3S/c1-2-4-17(5-3-1)22(27-10-12-28-13-11-27)21-15-25-23(31-21)26-24(8-9-24)18-6-7-19-20(14-18)30-16-29-19/h1-7,14-15,22H,8-13,16H2,(H,25,26). The Balaban J connectivity index is 1.26. The van der Waals surface area contributed by atoms with E-state index in [1.807, 2.05) is 12.3 Å². The van der Waals surface area contributed by atoms with Crippen LogP contribution in [-0.2, 0) is 10.3 Å². The van der Waals surface area contributed by atoms with E-state index in [1.54, 1.807) is 11.3 Å². The maximum atomic E-state index is 5.60. The topological polar surface area (TPSA) is 55.9 Å². The molecule has 6 rings (SSSR count). The summed E-state index contributed by atoms with van der Waals surface area (Å²) in [6.07, 6.45) is 4.22. The van der Waals surface area contributed by atoms with Crippen LogP contribution in [0.3, 0.4) is 0 Å². The summed E-state index contributed by atoms with van der Waals surface area (Å²) in [7, 11) is 0. The first kappa shape index (κ1) is 19.1. The first-order valence-electron chi connectivity index (χ1n) is 10.8. The molecule has 6 nitrogen and oxygen atoms in total. The van der Waals surface area contributed by atoms with Gasteiger partial charge in [0.1, 0.15) is 0 Å². The Morgan fingerprint density at radius 1 is 1.00 bits per heavy atom. The molecule has 160 valence electrons. The minimum atomic E-state index is -0.0582. The van der Waals surface area contributed by atoms with Gasteiger partial charge in [-0.05, 0) is 36.1 Å². The van der Waals surface area contributed by atoms with Crippen LogP contribution in [0.1, 0.15) is 34.9 Å². The van der Waals surface area contributed by atoms with Crippen LogP contribution in [0.25, 0.3) is 0 Å². The van der Waals surface area contributed by atoms with Crippen LogP contribution in [0.4, 0.5) is 5.13 Å². The fourth-order valence-corrected chi connectivity index (χ4v) is 5.58. The van der Waals surface area contributed by atoms with Crippen molar-refractivity contribution in [3.63, 3.8) is 0 Å². The number of morpholine rings is 1. The van der Waals surface area contributed by atoms with Gasteiger partial charge in [0.25, 0.3) is 0 Å². The van der Waals surface area contributed by atoms with Crippen molar-refractivity contribution < 1.29 is 14.2 Å². The molecule has 3 heterocycles. The summed E-state index contributed by atoms with van der Waals surface area (Å²) < 4.78 is 16.6. The van der Waals surface area contributed by atoms with E-state index in [1.165, 1.54) is 16.0 Å². The summed E-state index contributed by atoms with van der Waals surface area (Å²) in [6.45, 7) is 3.72. The average molecular weight is 436 g/mol. The van der Waals surface area contributed by atoms with E-state index in [9.17, 15) is 0 Å². The van der Waals surface area contributed by atoms with Crippen molar-refractivity contribution >= 4 is 16.5 Å². The second-order valence-electron chi connectivity index (χ2n) is 8.30. The molecule has 2 fully saturated rings. The van der Waals surface area contributed by atoms with E-state index in [-0.39, 0.29) is 11.6 Å². The van der Waals surface area contributed by atoms with Gasteiger partial charge in [-0.1, -0.05) is 36.4 Å². The normalized spacial score (nSPS) is 20.4. The Hall–Kier alpha value is -2.61. The smallest absolute Gasteiger partial charge is 0.231 e. The quantitative estimate of drug-likeness (QED) is 0.620. The van der Waals surface area contributed by atoms with E-state index in [0.717, 1.165) is 55.8 Å². The van der Waals surface area contributed by atoms with Crippen molar-refractivity contribution in [1.29, 1.82) is 0 Å². The molecule has 3 aromatic rings. The molecule has 1 N–H and O–H groups in total. The van der Waals surface area contributed by atoms with E-state index in [0.29, 0.717) is 6.79 Å². The molecule has 1 saturated carbocycles. The molecule has 7 heteroatoms. The number of hydrogen-bond acceptors (Lipinski definition) is 7. The highest BCUT2D eigenvalue weighted by Gasteiger charge is 2.45. The first-order chi connectivity index (χ1) is 15.3. The molecule has 0 radical (unpaired) electrons. The lowest BCUT2D eigenvalue weighted by Crippen LogP contribution is -2.39. The minimum Gasteiger partial charge on any atom is -0.454 e. The number of aromatic nitrogens is 1. The minimum absolute atomic E-state index is 0.0582. The zero-order valence-electron chi connectivity index (χ0n) is 17.3. The fourth-order valence-electron chi connectivity index (χ4n) is 4.51. The van der Waals surface area contributed by atoms with Gasteiger partial charge in [-0.3, -0.25) is 4.90 Å². The van der Waals surface area contributed by atoms with E-state index >= 15 is 0 Å². The third-order valence-corrected chi connectivity index (χ3v) is 7.31. The predicted octanol–water partition coefficient (Wildman–Crippen LogP) is 4.39. The molecule has 2 aromatic carbocycles. The van der Waals surface area contributed by atoms with Gasteiger partial charge < -0.3 is 19.5 Å². The molecular formula is C24H25N3O3S. The molecule has 31 heavy (non-hydrogen) atoms. The average Bonchev–Trinajstić information content (AvgIpc) is 3.21. The van der Waals surface area contributed by atoms with Crippen molar-refractivity contribution in [2.75, 3.05) is 38.4 Å². The zero-order chi connectivity index (χ0) is 20.7. The number of ether oxygens (including phenoxy) is 3. The number of fused-ring (bicyclic) bond motifs is 1.